The lowest BCUT2D eigenvalue weighted by Crippen LogP contribution is -2.46. The number of hydrogen-bond acceptors (Lipinski definition) is 8. The summed E-state index contributed by atoms with van der Waals surface area (Å²) in [6.45, 7) is 11.9. The topological polar surface area (TPSA) is 130 Å². The highest BCUT2D eigenvalue weighted by molar-refractivity contribution is 6.36. The van der Waals surface area contributed by atoms with Crippen LogP contribution in [0.15, 0.2) is 50.4 Å². The highest BCUT2D eigenvalue weighted by Crippen LogP contribution is 2.33. The van der Waals surface area contributed by atoms with E-state index in [-0.39, 0.29) is 22.6 Å². The molecule has 1 aliphatic rings. The third-order valence-corrected chi connectivity index (χ3v) is 8.14. The Kier molecular flexibility index (Phi) is 11.4. The van der Waals surface area contributed by atoms with Crippen molar-refractivity contribution < 1.29 is 13.9 Å². The van der Waals surface area contributed by atoms with Gasteiger partial charge in [-0.2, -0.15) is 9.36 Å². The monoisotopic (exact) mass is 693 g/mol. The highest BCUT2D eigenvalue weighted by Gasteiger charge is 2.28. The summed E-state index contributed by atoms with van der Waals surface area (Å²) in [6.07, 6.45) is 5.28. The van der Waals surface area contributed by atoms with Crippen LogP contribution in [-0.2, 0) is 5.41 Å². The first-order valence-corrected chi connectivity index (χ1v) is 16.2. The highest BCUT2D eigenvalue weighted by atomic mass is 35.5. The summed E-state index contributed by atoms with van der Waals surface area (Å²) in [5.41, 5.74) is -0.224. The maximum atomic E-state index is 12.8. The molecule has 0 aliphatic heterocycles. The van der Waals surface area contributed by atoms with Crippen molar-refractivity contribution in [1.82, 2.24) is 34.5 Å². The Balaban J connectivity index is 0.000000210. The Morgan fingerprint density at radius 1 is 0.978 bits per heavy atom. The molecule has 2 aromatic carbocycles. The van der Waals surface area contributed by atoms with Crippen LogP contribution in [-0.4, -0.2) is 59.2 Å². The van der Waals surface area contributed by atoms with Crippen LogP contribution in [0.5, 0.6) is 5.75 Å². The Hall–Kier alpha value is -3.61. The van der Waals surface area contributed by atoms with Crippen molar-refractivity contribution in [2.75, 3.05) is 6.54 Å². The number of carbonyl (C=O) groups is 1. The lowest BCUT2D eigenvalue weighted by molar-refractivity contribution is 0.157. The number of aromatic nitrogens is 6. The molecule has 0 saturated heterocycles. The molecule has 2 heterocycles. The number of nitrogens with zero attached hydrogens (tertiary/aromatic N) is 7. The van der Waals surface area contributed by atoms with Crippen molar-refractivity contribution in [2.24, 2.45) is 0 Å². The van der Waals surface area contributed by atoms with E-state index in [1.54, 1.807) is 35.2 Å². The van der Waals surface area contributed by atoms with Gasteiger partial charge in [0.2, 0.25) is 5.89 Å². The Morgan fingerprint density at radius 3 is 2.24 bits per heavy atom. The van der Waals surface area contributed by atoms with E-state index in [0.29, 0.717) is 39.6 Å². The van der Waals surface area contributed by atoms with Gasteiger partial charge in [0, 0.05) is 24.1 Å². The number of rotatable bonds is 6. The van der Waals surface area contributed by atoms with E-state index in [9.17, 15) is 14.4 Å². The van der Waals surface area contributed by atoms with Crippen LogP contribution in [0.2, 0.25) is 15.1 Å². The normalized spacial score (nSPS) is 13.8. The predicted octanol–water partition coefficient (Wildman–Crippen LogP) is 6.92. The molecule has 0 atom stereocenters. The third-order valence-electron chi connectivity index (χ3n) is 7.23. The molecule has 1 saturated carbocycles. The van der Waals surface area contributed by atoms with Crippen LogP contribution < -0.4 is 16.2 Å². The van der Waals surface area contributed by atoms with E-state index in [1.807, 2.05) is 41.5 Å². The number of ether oxygens (including phenoxy) is 1. The number of amides is 1. The molecule has 2 aromatic heterocycles. The minimum Gasteiger partial charge on any atom is -0.489 e. The van der Waals surface area contributed by atoms with Crippen molar-refractivity contribution in [3.05, 3.63) is 78.4 Å². The van der Waals surface area contributed by atoms with Gasteiger partial charge in [-0.1, -0.05) is 87.0 Å². The van der Waals surface area contributed by atoms with E-state index < -0.39 is 17.5 Å². The Labute approximate surface area is 281 Å². The van der Waals surface area contributed by atoms with Crippen LogP contribution in [0, 0.1) is 0 Å². The average molecular weight is 695 g/mol. The number of benzene rings is 2. The van der Waals surface area contributed by atoms with Crippen LogP contribution in [0.3, 0.4) is 0 Å². The quantitative estimate of drug-likeness (QED) is 0.199. The number of carbonyl (C=O) groups excluding carboxylic acids is 1. The van der Waals surface area contributed by atoms with Crippen molar-refractivity contribution in [3.63, 3.8) is 0 Å². The maximum absolute atomic E-state index is 12.8. The fourth-order valence-corrected chi connectivity index (χ4v) is 5.69. The van der Waals surface area contributed by atoms with Crippen LogP contribution in [0.4, 0.5) is 4.79 Å². The smallest absolute Gasteiger partial charge is 0.442 e. The van der Waals surface area contributed by atoms with Gasteiger partial charge in [0.05, 0.1) is 32.5 Å². The molecule has 0 bridgehead atoms. The second-order valence-electron chi connectivity index (χ2n) is 12.1. The molecule has 0 N–H and O–H groups in total. The van der Waals surface area contributed by atoms with Gasteiger partial charge >= 0.3 is 17.5 Å². The molecule has 1 amide bonds. The van der Waals surface area contributed by atoms with E-state index in [0.717, 1.165) is 39.7 Å². The SMILES string of the molecule is CC(C)Oc1cc(-n2nc(C(C)(C)C)oc2=O)c(Cl)cc1Cl.CCN(C(=O)n1nnn(-c2ccccc2Cl)c1=O)C1CCCCC1. The predicted molar refractivity (Wildman–Crippen MR) is 177 cm³/mol. The van der Waals surface area contributed by atoms with Gasteiger partial charge in [-0.15, -0.1) is 9.78 Å². The minimum absolute atomic E-state index is 0.0642. The molecular weight excluding hydrogens is 657 g/mol. The Bertz CT molecular complexity index is 1780. The van der Waals surface area contributed by atoms with Crippen molar-refractivity contribution in [1.29, 1.82) is 0 Å². The molecule has 15 heteroatoms. The van der Waals surface area contributed by atoms with E-state index in [4.69, 9.17) is 44.0 Å². The minimum atomic E-state index is -0.609. The first-order valence-electron chi connectivity index (χ1n) is 15.1. The lowest BCUT2D eigenvalue weighted by Gasteiger charge is -2.32. The summed E-state index contributed by atoms with van der Waals surface area (Å²) >= 11 is 18.4. The van der Waals surface area contributed by atoms with E-state index in [2.05, 4.69) is 15.5 Å². The third kappa shape index (κ3) is 8.02. The van der Waals surface area contributed by atoms with E-state index >= 15 is 0 Å². The second-order valence-corrected chi connectivity index (χ2v) is 13.4. The zero-order chi connectivity index (χ0) is 33.8. The summed E-state index contributed by atoms with van der Waals surface area (Å²) in [5.74, 6) is 0.155. The number of para-hydroxylation sites is 1. The summed E-state index contributed by atoms with van der Waals surface area (Å²) in [5, 5.41) is 12.8. The molecule has 4 aromatic rings. The van der Waals surface area contributed by atoms with Crippen LogP contribution in [0.25, 0.3) is 11.4 Å². The molecule has 0 unspecified atom stereocenters. The number of halogens is 3. The molecule has 248 valence electrons. The van der Waals surface area contributed by atoms with Gasteiger partial charge in [0.1, 0.15) is 5.75 Å². The molecule has 46 heavy (non-hydrogen) atoms. The standard InChI is InChI=1S/C16H20ClN5O2.C15H18Cl2N2O3/c1-2-20(12-8-4-3-5-9-12)15(23)22-16(24)21(18-19-22)14-11-7-6-10-13(14)17;1-8(2)21-12-7-11(9(16)6-10(12)17)19-14(20)22-13(18-19)15(3,4)5/h6-7,10-12H,2-5,8-9H2,1H3;6-8H,1-5H3. The lowest BCUT2D eigenvalue weighted by atomic mass is 9.94. The van der Waals surface area contributed by atoms with Crippen molar-refractivity contribution in [2.45, 2.75) is 91.2 Å². The fraction of sp³-hybridized carbons (Fsp3) is 0.484. The molecule has 1 fully saturated rings. The van der Waals surface area contributed by atoms with Crippen molar-refractivity contribution >= 4 is 40.8 Å². The molecule has 5 rings (SSSR count). The fourth-order valence-electron chi connectivity index (χ4n) is 4.96. The Morgan fingerprint density at radius 2 is 1.65 bits per heavy atom. The largest absolute Gasteiger partial charge is 0.489 e. The maximum Gasteiger partial charge on any atom is 0.442 e. The van der Waals surface area contributed by atoms with Gasteiger partial charge < -0.3 is 14.1 Å². The van der Waals surface area contributed by atoms with Gasteiger partial charge in [0.25, 0.3) is 0 Å². The summed E-state index contributed by atoms with van der Waals surface area (Å²) < 4.78 is 13.8. The average Bonchev–Trinajstić information content (AvgIpc) is 3.58. The first-order chi connectivity index (χ1) is 21.7. The molecule has 1 aliphatic carbocycles. The van der Waals surface area contributed by atoms with Gasteiger partial charge in [-0.25, -0.2) is 14.4 Å². The summed E-state index contributed by atoms with van der Waals surface area (Å²) in [4.78, 5) is 39.1. The summed E-state index contributed by atoms with van der Waals surface area (Å²) in [7, 11) is 0. The first kappa shape index (κ1) is 35.2. The van der Waals surface area contributed by atoms with Crippen LogP contribution >= 0.6 is 34.8 Å². The molecule has 12 nitrogen and oxygen atoms in total. The zero-order valence-corrected chi connectivity index (χ0v) is 28.9. The molecular formula is C31H38Cl3N7O5. The van der Waals surface area contributed by atoms with Crippen molar-refractivity contribution in [3.8, 4) is 17.1 Å². The van der Waals surface area contributed by atoms with Crippen LogP contribution in [0.1, 0.15) is 79.5 Å². The summed E-state index contributed by atoms with van der Waals surface area (Å²) in [6, 6.07) is 9.66. The second kappa shape index (κ2) is 14.9. The molecule has 0 spiro atoms. The van der Waals surface area contributed by atoms with E-state index in [1.165, 1.54) is 12.5 Å². The number of tetrazole rings is 1. The molecule has 0 radical (unpaired) electrons. The number of hydrogen-bond donors (Lipinski definition) is 0. The van der Waals surface area contributed by atoms with Gasteiger partial charge in [0.15, 0.2) is 0 Å². The zero-order valence-electron chi connectivity index (χ0n) is 26.7. The van der Waals surface area contributed by atoms with Gasteiger partial charge in [-0.3, -0.25) is 0 Å². The van der Waals surface area contributed by atoms with Gasteiger partial charge in [-0.05, 0) is 62.2 Å².